The average Bonchev–Trinajstić information content (AvgIpc) is 3.92. The van der Waals surface area contributed by atoms with Crippen LogP contribution in [0.1, 0.15) is 49.1 Å². The maximum atomic E-state index is 2.64. The van der Waals surface area contributed by atoms with Gasteiger partial charge < -0.3 is 4.90 Å². The zero-order valence-corrected chi connectivity index (χ0v) is 40.0. The van der Waals surface area contributed by atoms with Crippen molar-refractivity contribution in [3.63, 3.8) is 0 Å². The Balaban J connectivity index is 0.905. The van der Waals surface area contributed by atoms with Crippen LogP contribution in [0.4, 0.5) is 5.69 Å². The maximum absolute atomic E-state index is 2.64. The summed E-state index contributed by atoms with van der Waals surface area (Å²) in [5, 5.41) is 10.8. The Kier molecular flexibility index (Phi) is 10.2. The fourth-order valence-electron chi connectivity index (χ4n) is 13.0. The Labute approximate surface area is 415 Å². The first-order valence-electron chi connectivity index (χ1n) is 25.4. The first-order chi connectivity index (χ1) is 34.7. The van der Waals surface area contributed by atoms with Crippen LogP contribution in [0.3, 0.4) is 0 Å². The molecular weight excluding hydrogens is 863 g/mol. The number of benzene rings is 7. The van der Waals surface area contributed by atoms with E-state index < -0.39 is 0 Å². The van der Waals surface area contributed by atoms with Gasteiger partial charge in [0.15, 0.2) is 0 Å². The highest BCUT2D eigenvalue weighted by Gasteiger charge is 2.43. The minimum atomic E-state index is 0.247. The average molecular weight is 916 g/mol. The number of nitrogens with zero attached hydrogens (tertiary/aromatic N) is 1. The van der Waals surface area contributed by atoms with Crippen LogP contribution in [0.2, 0.25) is 0 Å². The third kappa shape index (κ3) is 6.90. The molecule has 6 aliphatic carbocycles. The van der Waals surface area contributed by atoms with E-state index in [0.29, 0.717) is 17.1 Å². The lowest BCUT2D eigenvalue weighted by molar-refractivity contribution is 0.418. The molecule has 7 aliphatic rings. The lowest BCUT2D eigenvalue weighted by atomic mass is 9.60. The molecule has 0 radical (unpaired) electrons. The summed E-state index contributed by atoms with van der Waals surface area (Å²) >= 11 is 2.10. The normalized spacial score (nSPS) is 23.3. The molecule has 7 aromatic rings. The molecule has 14 rings (SSSR count). The van der Waals surface area contributed by atoms with E-state index in [1.165, 1.54) is 109 Å². The van der Waals surface area contributed by atoms with Gasteiger partial charge in [-0.05, 0) is 133 Å². The first kappa shape index (κ1) is 41.6. The third-order valence-electron chi connectivity index (χ3n) is 16.2. The van der Waals surface area contributed by atoms with Crippen molar-refractivity contribution >= 4 is 66.6 Å². The molecule has 336 valence electrons. The molecule has 1 nitrogen and oxygen atoms in total. The van der Waals surface area contributed by atoms with E-state index in [1.54, 1.807) is 0 Å². The Morgan fingerprint density at radius 2 is 1.29 bits per heavy atom. The summed E-state index contributed by atoms with van der Waals surface area (Å²) in [4.78, 5) is 4.07. The van der Waals surface area contributed by atoms with Crippen molar-refractivity contribution in [1.29, 1.82) is 0 Å². The van der Waals surface area contributed by atoms with Crippen molar-refractivity contribution in [3.8, 4) is 0 Å². The highest BCUT2D eigenvalue weighted by atomic mass is 32.2. The van der Waals surface area contributed by atoms with Crippen LogP contribution in [-0.4, -0.2) is 5.25 Å². The van der Waals surface area contributed by atoms with Gasteiger partial charge in [0.25, 0.3) is 0 Å². The van der Waals surface area contributed by atoms with Crippen LogP contribution in [0.5, 0.6) is 0 Å². The Morgan fingerprint density at radius 3 is 2.13 bits per heavy atom. The molecule has 0 amide bonds. The second-order valence-corrected chi connectivity index (χ2v) is 21.2. The van der Waals surface area contributed by atoms with Gasteiger partial charge in [-0.1, -0.05) is 212 Å². The summed E-state index contributed by atoms with van der Waals surface area (Å²) in [7, 11) is 0. The minimum Gasteiger partial charge on any atom is -0.313 e. The fourth-order valence-corrected chi connectivity index (χ4v) is 14.4. The van der Waals surface area contributed by atoms with E-state index in [0.717, 1.165) is 32.1 Å². The predicted molar refractivity (Wildman–Crippen MR) is 298 cm³/mol. The van der Waals surface area contributed by atoms with Gasteiger partial charge in [-0.2, -0.15) is 0 Å². The number of allylic oxidation sites excluding steroid dienone is 18. The van der Waals surface area contributed by atoms with Crippen LogP contribution in [0.25, 0.3) is 49.2 Å². The van der Waals surface area contributed by atoms with Crippen molar-refractivity contribution in [2.75, 3.05) is 4.90 Å². The highest BCUT2D eigenvalue weighted by Crippen LogP contribution is 2.57. The third-order valence-corrected chi connectivity index (χ3v) is 17.5. The van der Waals surface area contributed by atoms with Crippen molar-refractivity contribution < 1.29 is 0 Å². The molecule has 0 aromatic heterocycles. The molecule has 7 aromatic carbocycles. The number of hydrogen-bond donors (Lipinski definition) is 0. The molecule has 1 aliphatic heterocycles. The van der Waals surface area contributed by atoms with Crippen molar-refractivity contribution in [2.45, 2.75) is 43.3 Å². The predicted octanol–water partition coefficient (Wildman–Crippen LogP) is 15.9. The molecule has 5 atom stereocenters. The topological polar surface area (TPSA) is 3.24 Å². The van der Waals surface area contributed by atoms with Crippen LogP contribution >= 0.6 is 11.8 Å². The highest BCUT2D eigenvalue weighted by molar-refractivity contribution is 8.04. The zero-order valence-electron chi connectivity index (χ0n) is 39.2. The SMILES string of the molecule is C1=CCCC(N(C2=c3ccccc3=C(C3=CCC(C4=CC5=C(c6ccc7ccccc7c6)C6=CC=CCC6C(c6ccc7ccccc7c6)C5C=C4)S3)C3CC=CC=C23)c2cccc3ccccc23)=C1. The van der Waals surface area contributed by atoms with Crippen LogP contribution < -0.4 is 15.3 Å². The Hall–Kier alpha value is -7.39. The number of fused-ring (bicyclic) bond motifs is 7. The van der Waals surface area contributed by atoms with E-state index in [1.807, 2.05) is 0 Å². The number of hydrogen-bond acceptors (Lipinski definition) is 2. The van der Waals surface area contributed by atoms with Gasteiger partial charge in [0.2, 0.25) is 0 Å². The number of thioether (sulfide) groups is 1. The van der Waals surface area contributed by atoms with E-state index in [4.69, 9.17) is 0 Å². The Morgan fingerprint density at radius 1 is 0.571 bits per heavy atom. The smallest absolute Gasteiger partial charge is 0.0575 e. The van der Waals surface area contributed by atoms with Crippen molar-refractivity contribution in [1.82, 2.24) is 0 Å². The lowest BCUT2D eigenvalue weighted by Gasteiger charge is -2.44. The molecule has 5 unspecified atom stereocenters. The molecule has 70 heavy (non-hydrogen) atoms. The maximum Gasteiger partial charge on any atom is 0.0575 e. The molecule has 0 bridgehead atoms. The van der Waals surface area contributed by atoms with Crippen LogP contribution in [0, 0.1) is 17.8 Å². The summed E-state index contributed by atoms with van der Waals surface area (Å²) in [5.74, 6) is 1.22. The fraction of sp³-hybridized carbons (Fsp3) is 0.147. The summed E-state index contributed by atoms with van der Waals surface area (Å²) in [6.07, 6.45) is 36.6. The zero-order chi connectivity index (χ0) is 46.1. The van der Waals surface area contributed by atoms with Crippen molar-refractivity contribution in [2.24, 2.45) is 17.8 Å². The molecule has 0 fully saturated rings. The molecule has 0 saturated heterocycles. The van der Waals surface area contributed by atoms with E-state index in [-0.39, 0.29) is 11.8 Å². The molecule has 1 heterocycles. The summed E-state index contributed by atoms with van der Waals surface area (Å²) < 4.78 is 0. The Bertz CT molecular complexity index is 3810. The van der Waals surface area contributed by atoms with E-state index in [2.05, 4.69) is 247 Å². The molecular formula is C68H53NS. The molecule has 0 N–H and O–H groups in total. The van der Waals surface area contributed by atoms with Gasteiger partial charge >= 0.3 is 0 Å². The number of anilines is 1. The monoisotopic (exact) mass is 915 g/mol. The second kappa shape index (κ2) is 17.2. The lowest BCUT2D eigenvalue weighted by Crippen LogP contribution is -2.42. The largest absolute Gasteiger partial charge is 0.313 e. The van der Waals surface area contributed by atoms with Gasteiger partial charge in [-0.15, -0.1) is 11.8 Å². The minimum absolute atomic E-state index is 0.247. The van der Waals surface area contributed by atoms with Gasteiger partial charge in [-0.3, -0.25) is 0 Å². The van der Waals surface area contributed by atoms with Crippen molar-refractivity contribution in [3.05, 3.63) is 285 Å². The van der Waals surface area contributed by atoms with Crippen LogP contribution in [0.15, 0.2) is 264 Å². The second-order valence-electron chi connectivity index (χ2n) is 20.0. The molecule has 0 saturated carbocycles. The molecule has 0 spiro atoms. The van der Waals surface area contributed by atoms with Gasteiger partial charge in [0, 0.05) is 44.2 Å². The van der Waals surface area contributed by atoms with E-state index >= 15 is 0 Å². The van der Waals surface area contributed by atoms with Crippen LogP contribution in [-0.2, 0) is 0 Å². The summed E-state index contributed by atoms with van der Waals surface area (Å²) in [5.41, 5.74) is 15.4. The summed E-state index contributed by atoms with van der Waals surface area (Å²) in [6.45, 7) is 0. The quantitative estimate of drug-likeness (QED) is 0.157. The summed E-state index contributed by atoms with van der Waals surface area (Å²) in [6, 6.07) is 57.1. The number of rotatable bonds is 7. The van der Waals surface area contributed by atoms with E-state index in [9.17, 15) is 0 Å². The van der Waals surface area contributed by atoms with Gasteiger partial charge in [-0.25, -0.2) is 0 Å². The standard InChI is InChI=1S/C68H53NS/c1-2-23-52(24-3-1)69(62-32-16-22-46-19-8-9-25-53(46)62)68-59-30-14-12-28-56(59)67(57-29-13-15-31-60(57)68)64-40-39-63(70-64)49-37-38-58-61(43-49)66(51-36-34-45-18-5-7-21-48(45)42-51)55-27-11-10-26-54(55)65(58)50-35-33-44-17-4-6-20-47(44)41-50/h1-2,4-23,25,27-28,30-38,40-43,54,57-58,63,65H,3,24,26,29,39H2. The van der Waals surface area contributed by atoms with Gasteiger partial charge in [0.1, 0.15) is 0 Å². The van der Waals surface area contributed by atoms with Gasteiger partial charge in [0.05, 0.1) is 11.4 Å². The molecule has 2 heteroatoms. The first-order valence-corrected chi connectivity index (χ1v) is 26.3.